The van der Waals surface area contributed by atoms with Gasteiger partial charge >= 0.3 is 0 Å². The van der Waals surface area contributed by atoms with Gasteiger partial charge in [0.25, 0.3) is 10.0 Å². The second-order valence-electron chi connectivity index (χ2n) is 11.2. The molecule has 0 aliphatic carbocycles. The van der Waals surface area contributed by atoms with Crippen LogP contribution in [0, 0.1) is 13.8 Å². The summed E-state index contributed by atoms with van der Waals surface area (Å²) in [6.45, 7) is 5.84. The summed E-state index contributed by atoms with van der Waals surface area (Å²) in [5.74, 6) is -0.799. The number of carbonyl (C=O) groups is 2. The lowest BCUT2D eigenvalue weighted by Crippen LogP contribution is -2.53. The Kier molecular flexibility index (Phi) is 11.8. The van der Waals surface area contributed by atoms with E-state index in [9.17, 15) is 18.0 Å². The number of anilines is 1. The molecule has 0 saturated carbocycles. The molecular formula is C36H40ClN3O4S. The van der Waals surface area contributed by atoms with Crippen molar-refractivity contribution in [1.82, 2.24) is 10.2 Å². The van der Waals surface area contributed by atoms with Crippen molar-refractivity contribution < 1.29 is 18.0 Å². The van der Waals surface area contributed by atoms with Crippen LogP contribution >= 0.6 is 11.6 Å². The number of carbonyl (C=O) groups excluding carboxylic acids is 2. The van der Waals surface area contributed by atoms with Crippen molar-refractivity contribution in [2.75, 3.05) is 17.4 Å². The predicted molar refractivity (Wildman–Crippen MR) is 181 cm³/mol. The maximum absolute atomic E-state index is 14.5. The lowest BCUT2D eigenvalue weighted by molar-refractivity contribution is -0.140. The highest BCUT2D eigenvalue weighted by Crippen LogP contribution is 2.26. The minimum Gasteiger partial charge on any atom is -0.354 e. The molecule has 1 N–H and O–H groups in total. The summed E-state index contributed by atoms with van der Waals surface area (Å²) < 4.78 is 29.4. The summed E-state index contributed by atoms with van der Waals surface area (Å²) in [6, 6.07) is 29.3. The summed E-state index contributed by atoms with van der Waals surface area (Å²) in [4.78, 5) is 29.9. The Morgan fingerprint density at radius 2 is 1.51 bits per heavy atom. The van der Waals surface area contributed by atoms with Gasteiger partial charge in [0, 0.05) is 24.5 Å². The Morgan fingerprint density at radius 1 is 0.822 bits per heavy atom. The molecule has 0 fully saturated rings. The average Bonchev–Trinajstić information content (AvgIpc) is 3.03. The highest BCUT2D eigenvalue weighted by atomic mass is 35.5. The van der Waals surface area contributed by atoms with E-state index in [1.54, 1.807) is 66.7 Å². The predicted octanol–water partition coefficient (Wildman–Crippen LogP) is 6.71. The van der Waals surface area contributed by atoms with Gasteiger partial charge in [0.05, 0.1) is 10.6 Å². The normalized spacial score (nSPS) is 11.9. The molecule has 45 heavy (non-hydrogen) atoms. The number of hydrogen-bond acceptors (Lipinski definition) is 4. The summed E-state index contributed by atoms with van der Waals surface area (Å²) in [5, 5.41) is 3.55. The zero-order valence-electron chi connectivity index (χ0n) is 25.9. The molecule has 9 heteroatoms. The van der Waals surface area contributed by atoms with Crippen molar-refractivity contribution in [3.05, 3.63) is 130 Å². The number of sulfonamides is 1. The van der Waals surface area contributed by atoms with Crippen molar-refractivity contribution in [1.29, 1.82) is 0 Å². The quantitative estimate of drug-likeness (QED) is 0.155. The van der Waals surface area contributed by atoms with Crippen LogP contribution in [0.3, 0.4) is 0 Å². The Hall–Kier alpha value is -4.14. The maximum Gasteiger partial charge on any atom is 0.264 e. The van der Waals surface area contributed by atoms with Gasteiger partial charge in [-0.3, -0.25) is 13.9 Å². The molecule has 0 heterocycles. The minimum atomic E-state index is -4.15. The third-order valence-corrected chi connectivity index (χ3v) is 9.58. The third-order valence-electron chi connectivity index (χ3n) is 7.54. The van der Waals surface area contributed by atoms with Gasteiger partial charge in [-0.1, -0.05) is 97.2 Å². The second kappa shape index (κ2) is 15.7. The van der Waals surface area contributed by atoms with Gasteiger partial charge in [0.15, 0.2) is 0 Å². The lowest BCUT2D eigenvalue weighted by Gasteiger charge is -2.34. The molecule has 0 bridgehead atoms. The molecule has 0 unspecified atom stereocenters. The summed E-state index contributed by atoms with van der Waals surface area (Å²) in [6.07, 6.45) is 1.96. The number of hydrogen-bond donors (Lipinski definition) is 1. The van der Waals surface area contributed by atoms with E-state index in [2.05, 4.69) is 5.32 Å². The topological polar surface area (TPSA) is 86.8 Å². The Labute approximate surface area is 271 Å². The second-order valence-corrected chi connectivity index (χ2v) is 13.5. The van der Waals surface area contributed by atoms with Crippen LogP contribution in [-0.4, -0.2) is 44.3 Å². The van der Waals surface area contributed by atoms with E-state index in [1.165, 1.54) is 4.90 Å². The van der Waals surface area contributed by atoms with E-state index >= 15 is 0 Å². The van der Waals surface area contributed by atoms with Crippen LogP contribution in [0.2, 0.25) is 5.02 Å². The highest BCUT2D eigenvalue weighted by molar-refractivity contribution is 7.92. The molecule has 0 radical (unpaired) electrons. The van der Waals surface area contributed by atoms with Crippen LogP contribution in [0.4, 0.5) is 5.69 Å². The third kappa shape index (κ3) is 9.19. The van der Waals surface area contributed by atoms with Crippen LogP contribution < -0.4 is 9.62 Å². The Bertz CT molecular complexity index is 1680. The first-order chi connectivity index (χ1) is 21.6. The minimum absolute atomic E-state index is 0.0739. The number of halogens is 1. The van der Waals surface area contributed by atoms with Crippen molar-refractivity contribution in [3.8, 4) is 0 Å². The number of unbranched alkanes of at least 4 members (excludes halogenated alkanes) is 1. The standard InChI is InChI=1S/C36H40ClN3O4S/c1-4-5-22-38-36(42)34(24-29-11-7-6-8-12-29)39(25-30-16-18-31(37)19-17-30)35(41)26-40(32-13-9-10-28(3)23-32)45(43,44)33-20-14-27(2)15-21-33/h6-21,23,34H,4-5,22,24-26H2,1-3H3,(H,38,42)/t34-/m0/s1. The fraction of sp³-hybridized carbons (Fsp3) is 0.278. The van der Waals surface area contributed by atoms with Gasteiger partial charge in [-0.25, -0.2) is 8.42 Å². The van der Waals surface area contributed by atoms with Crippen molar-refractivity contribution >= 4 is 39.1 Å². The first kappa shape index (κ1) is 33.7. The van der Waals surface area contributed by atoms with Crippen LogP contribution in [0.1, 0.15) is 42.0 Å². The molecule has 2 amide bonds. The molecule has 236 valence electrons. The number of nitrogens with one attached hydrogen (secondary N) is 1. The van der Waals surface area contributed by atoms with Gasteiger partial charge in [-0.05, 0) is 73.4 Å². The summed E-state index contributed by atoms with van der Waals surface area (Å²) >= 11 is 6.15. The molecule has 0 aliphatic heterocycles. The fourth-order valence-corrected chi connectivity index (χ4v) is 6.53. The number of rotatable bonds is 14. The van der Waals surface area contributed by atoms with E-state index < -0.39 is 28.5 Å². The van der Waals surface area contributed by atoms with Crippen LogP contribution in [-0.2, 0) is 32.6 Å². The molecule has 0 saturated heterocycles. The van der Waals surface area contributed by atoms with Crippen LogP contribution in [0.15, 0.2) is 108 Å². The van der Waals surface area contributed by atoms with Gasteiger partial charge in [-0.2, -0.15) is 0 Å². The largest absolute Gasteiger partial charge is 0.354 e. The highest BCUT2D eigenvalue weighted by Gasteiger charge is 2.34. The van der Waals surface area contributed by atoms with Crippen molar-refractivity contribution in [3.63, 3.8) is 0 Å². The van der Waals surface area contributed by atoms with Crippen LogP contribution in [0.5, 0.6) is 0 Å². The Balaban J connectivity index is 1.78. The summed E-state index contributed by atoms with van der Waals surface area (Å²) in [5.41, 5.74) is 3.77. The lowest BCUT2D eigenvalue weighted by atomic mass is 10.0. The molecular weight excluding hydrogens is 606 g/mol. The van der Waals surface area contributed by atoms with Gasteiger partial charge in [-0.15, -0.1) is 0 Å². The molecule has 7 nitrogen and oxygen atoms in total. The first-order valence-corrected chi connectivity index (χ1v) is 16.9. The first-order valence-electron chi connectivity index (χ1n) is 15.1. The monoisotopic (exact) mass is 645 g/mol. The summed E-state index contributed by atoms with van der Waals surface area (Å²) in [7, 11) is -4.15. The van der Waals surface area contributed by atoms with E-state index in [0.29, 0.717) is 17.3 Å². The number of benzene rings is 4. The molecule has 0 aromatic heterocycles. The maximum atomic E-state index is 14.5. The van der Waals surface area contributed by atoms with Gasteiger partial charge in [0.1, 0.15) is 12.6 Å². The van der Waals surface area contributed by atoms with Crippen molar-refractivity contribution in [2.24, 2.45) is 0 Å². The number of nitrogens with zero attached hydrogens (tertiary/aromatic N) is 2. The molecule has 1 atom stereocenters. The molecule has 0 aliphatic rings. The fourth-order valence-electron chi connectivity index (χ4n) is 5.00. The zero-order valence-corrected chi connectivity index (χ0v) is 27.5. The molecule has 4 aromatic carbocycles. The van der Waals surface area contributed by atoms with Crippen molar-refractivity contribution in [2.45, 2.75) is 57.5 Å². The number of aryl methyl sites for hydroxylation is 2. The molecule has 4 aromatic rings. The Morgan fingerprint density at radius 3 is 2.16 bits per heavy atom. The SMILES string of the molecule is CCCCNC(=O)[C@H](Cc1ccccc1)N(Cc1ccc(Cl)cc1)C(=O)CN(c1cccc(C)c1)S(=O)(=O)c1ccc(C)cc1. The smallest absolute Gasteiger partial charge is 0.264 e. The van der Waals surface area contributed by atoms with E-state index in [0.717, 1.165) is 39.4 Å². The van der Waals surface area contributed by atoms with E-state index in [4.69, 9.17) is 11.6 Å². The van der Waals surface area contributed by atoms with Gasteiger partial charge < -0.3 is 10.2 Å². The van der Waals surface area contributed by atoms with Gasteiger partial charge in [0.2, 0.25) is 11.8 Å². The molecule has 0 spiro atoms. The van der Waals surface area contributed by atoms with E-state index in [-0.39, 0.29) is 23.8 Å². The van der Waals surface area contributed by atoms with Crippen LogP contribution in [0.25, 0.3) is 0 Å². The van der Waals surface area contributed by atoms with E-state index in [1.807, 2.05) is 57.2 Å². The molecule has 4 rings (SSSR count). The average molecular weight is 646 g/mol. The zero-order chi connectivity index (χ0) is 32.4. The number of amides is 2.